The van der Waals surface area contributed by atoms with E-state index in [0.29, 0.717) is 6.04 Å². The third kappa shape index (κ3) is 3.77. The summed E-state index contributed by atoms with van der Waals surface area (Å²) in [4.78, 5) is 20.0. The highest BCUT2D eigenvalue weighted by molar-refractivity contribution is 5.87. The fourth-order valence-corrected chi connectivity index (χ4v) is 2.74. The molecule has 1 atom stereocenters. The van der Waals surface area contributed by atoms with Crippen molar-refractivity contribution in [3.8, 4) is 0 Å². The van der Waals surface area contributed by atoms with Crippen LogP contribution in [0, 0.1) is 0 Å². The highest BCUT2D eigenvalue weighted by Gasteiger charge is 2.22. The van der Waals surface area contributed by atoms with Crippen molar-refractivity contribution < 1.29 is 9.90 Å². The smallest absolute Gasteiger partial charge is 0.337 e. The predicted molar refractivity (Wildman–Crippen MR) is 77.8 cm³/mol. The second kappa shape index (κ2) is 6.81. The van der Waals surface area contributed by atoms with E-state index >= 15 is 0 Å². The highest BCUT2D eigenvalue weighted by atomic mass is 16.4. The van der Waals surface area contributed by atoms with E-state index in [1.807, 2.05) is 6.07 Å². The Balaban J connectivity index is 2.04. The molecular weight excluding hydrogens is 254 g/mol. The molecule has 0 radical (unpaired) electrons. The maximum Gasteiger partial charge on any atom is 0.337 e. The van der Waals surface area contributed by atoms with E-state index in [0.717, 1.165) is 38.3 Å². The lowest BCUT2D eigenvalue weighted by Gasteiger charge is -2.29. The quantitative estimate of drug-likeness (QED) is 0.907. The van der Waals surface area contributed by atoms with Crippen molar-refractivity contribution in [2.75, 3.05) is 26.7 Å². The van der Waals surface area contributed by atoms with Gasteiger partial charge in [0.05, 0.1) is 11.3 Å². The molecule has 20 heavy (non-hydrogen) atoms. The first-order valence-electron chi connectivity index (χ1n) is 7.21. The van der Waals surface area contributed by atoms with Crippen molar-refractivity contribution >= 4 is 5.97 Å². The topological polar surface area (TPSA) is 56.7 Å². The third-order valence-electron chi connectivity index (χ3n) is 3.93. The van der Waals surface area contributed by atoms with Crippen LogP contribution in [0.2, 0.25) is 0 Å². The zero-order chi connectivity index (χ0) is 14.5. The Hall–Kier alpha value is -1.46. The molecule has 1 fully saturated rings. The van der Waals surface area contributed by atoms with Crippen molar-refractivity contribution in [3.63, 3.8) is 0 Å². The third-order valence-corrected chi connectivity index (χ3v) is 3.93. The van der Waals surface area contributed by atoms with Gasteiger partial charge in [-0.1, -0.05) is 6.92 Å². The minimum atomic E-state index is -0.924. The molecule has 2 heterocycles. The molecule has 1 N–H and O–H groups in total. The number of hydrogen-bond acceptors (Lipinski definition) is 4. The maximum atomic E-state index is 10.8. The van der Waals surface area contributed by atoms with Crippen LogP contribution in [0.15, 0.2) is 18.3 Å². The summed E-state index contributed by atoms with van der Waals surface area (Å²) >= 11 is 0. The van der Waals surface area contributed by atoms with Crippen LogP contribution in [-0.2, 0) is 6.54 Å². The van der Waals surface area contributed by atoms with Gasteiger partial charge in [-0.15, -0.1) is 0 Å². The molecule has 2 rings (SSSR count). The molecule has 5 heteroatoms. The van der Waals surface area contributed by atoms with Crippen molar-refractivity contribution in [3.05, 3.63) is 29.6 Å². The molecule has 1 aromatic rings. The lowest BCUT2D eigenvalue weighted by molar-refractivity contribution is 0.0696. The molecule has 0 spiro atoms. The standard InChI is InChI=1S/C15H23N3O2/c1-3-14-11-17(2)7-4-8-18(14)10-13-6-5-12(9-16-13)15(19)20/h5-6,9,14H,3-4,7-8,10-11H2,1-2H3,(H,19,20). The second-order valence-electron chi connectivity index (χ2n) is 5.49. The van der Waals surface area contributed by atoms with E-state index in [1.165, 1.54) is 12.6 Å². The van der Waals surface area contributed by atoms with Crippen molar-refractivity contribution in [2.24, 2.45) is 0 Å². The van der Waals surface area contributed by atoms with Gasteiger partial charge >= 0.3 is 5.97 Å². The molecule has 0 saturated carbocycles. The summed E-state index contributed by atoms with van der Waals surface area (Å²) in [5.41, 5.74) is 1.19. The molecule has 1 saturated heterocycles. The number of pyridine rings is 1. The van der Waals surface area contributed by atoms with Gasteiger partial charge in [0, 0.05) is 31.9 Å². The zero-order valence-electron chi connectivity index (χ0n) is 12.2. The van der Waals surface area contributed by atoms with Gasteiger partial charge in [-0.25, -0.2) is 4.79 Å². The lowest BCUT2D eigenvalue weighted by atomic mass is 10.1. The fraction of sp³-hybridized carbons (Fsp3) is 0.600. The van der Waals surface area contributed by atoms with Crippen LogP contribution in [0.1, 0.15) is 35.8 Å². The summed E-state index contributed by atoms with van der Waals surface area (Å²) in [5, 5.41) is 8.89. The van der Waals surface area contributed by atoms with E-state index in [1.54, 1.807) is 6.07 Å². The number of nitrogens with zero attached hydrogens (tertiary/aromatic N) is 3. The van der Waals surface area contributed by atoms with Gasteiger partial charge in [-0.2, -0.15) is 0 Å². The molecular formula is C15H23N3O2. The molecule has 0 amide bonds. The molecule has 0 aliphatic carbocycles. The summed E-state index contributed by atoms with van der Waals surface area (Å²) in [6, 6.07) is 4.00. The minimum Gasteiger partial charge on any atom is -0.478 e. The Labute approximate surface area is 120 Å². The number of likely N-dealkylation sites (N-methyl/N-ethyl adjacent to an activating group) is 1. The average Bonchev–Trinajstić information content (AvgIpc) is 2.61. The van der Waals surface area contributed by atoms with Gasteiger partial charge in [-0.3, -0.25) is 9.88 Å². The average molecular weight is 277 g/mol. The van der Waals surface area contributed by atoms with Crippen LogP contribution in [0.25, 0.3) is 0 Å². The summed E-state index contributed by atoms with van der Waals surface area (Å²) in [6.07, 6.45) is 3.74. The first-order valence-corrected chi connectivity index (χ1v) is 7.21. The molecule has 0 bridgehead atoms. The normalized spacial score (nSPS) is 21.6. The summed E-state index contributed by atoms with van der Waals surface area (Å²) < 4.78 is 0. The minimum absolute atomic E-state index is 0.247. The second-order valence-corrected chi connectivity index (χ2v) is 5.49. The first-order chi connectivity index (χ1) is 9.60. The SMILES string of the molecule is CCC1CN(C)CCCN1Cc1ccc(C(=O)O)cn1. The van der Waals surface area contributed by atoms with E-state index < -0.39 is 5.97 Å². The maximum absolute atomic E-state index is 10.8. The van der Waals surface area contributed by atoms with Gasteiger partial charge in [0.2, 0.25) is 0 Å². The van der Waals surface area contributed by atoms with E-state index in [9.17, 15) is 4.79 Å². The Bertz CT molecular complexity index is 447. The van der Waals surface area contributed by atoms with Gasteiger partial charge in [0.15, 0.2) is 0 Å². The Morgan fingerprint density at radius 2 is 2.25 bits per heavy atom. The molecule has 1 aromatic heterocycles. The number of carboxylic acid groups (broad SMARTS) is 1. The molecule has 5 nitrogen and oxygen atoms in total. The molecule has 1 aliphatic heterocycles. The van der Waals surface area contributed by atoms with Crippen molar-refractivity contribution in [1.29, 1.82) is 0 Å². The van der Waals surface area contributed by atoms with Crippen LogP contribution < -0.4 is 0 Å². The monoisotopic (exact) mass is 277 g/mol. The largest absolute Gasteiger partial charge is 0.478 e. The highest BCUT2D eigenvalue weighted by Crippen LogP contribution is 2.15. The van der Waals surface area contributed by atoms with Gasteiger partial charge in [-0.05, 0) is 38.6 Å². The predicted octanol–water partition coefficient (Wildman–Crippen LogP) is 1.70. The van der Waals surface area contributed by atoms with Crippen LogP contribution in [0.3, 0.4) is 0 Å². The molecule has 0 aromatic carbocycles. The Kier molecular flexibility index (Phi) is 5.09. The Morgan fingerprint density at radius 1 is 1.45 bits per heavy atom. The summed E-state index contributed by atoms with van der Waals surface area (Å²) in [7, 11) is 2.17. The number of carbonyl (C=O) groups is 1. The number of rotatable bonds is 4. The van der Waals surface area contributed by atoms with Crippen LogP contribution in [-0.4, -0.2) is 58.6 Å². The number of carboxylic acids is 1. The Morgan fingerprint density at radius 3 is 2.85 bits per heavy atom. The van der Waals surface area contributed by atoms with Crippen LogP contribution >= 0.6 is 0 Å². The van der Waals surface area contributed by atoms with Gasteiger partial charge < -0.3 is 10.0 Å². The lowest BCUT2D eigenvalue weighted by Crippen LogP contribution is -2.39. The van der Waals surface area contributed by atoms with Crippen LogP contribution in [0.5, 0.6) is 0 Å². The molecule has 1 aliphatic rings. The number of aromatic nitrogens is 1. The summed E-state index contributed by atoms with van der Waals surface area (Å²) in [6.45, 7) is 6.32. The van der Waals surface area contributed by atoms with Crippen molar-refractivity contribution in [2.45, 2.75) is 32.4 Å². The molecule has 110 valence electrons. The first kappa shape index (κ1) is 14.9. The van der Waals surface area contributed by atoms with E-state index in [-0.39, 0.29) is 5.56 Å². The van der Waals surface area contributed by atoms with Crippen LogP contribution in [0.4, 0.5) is 0 Å². The number of hydrogen-bond donors (Lipinski definition) is 1. The van der Waals surface area contributed by atoms with E-state index in [4.69, 9.17) is 5.11 Å². The zero-order valence-corrected chi connectivity index (χ0v) is 12.2. The van der Waals surface area contributed by atoms with Gasteiger partial charge in [0.1, 0.15) is 0 Å². The van der Waals surface area contributed by atoms with E-state index in [2.05, 4.69) is 28.8 Å². The number of aromatic carboxylic acids is 1. The molecule has 1 unspecified atom stereocenters. The van der Waals surface area contributed by atoms with Gasteiger partial charge in [0.25, 0.3) is 0 Å². The fourth-order valence-electron chi connectivity index (χ4n) is 2.74. The summed E-state index contributed by atoms with van der Waals surface area (Å²) in [5.74, 6) is -0.924. The van der Waals surface area contributed by atoms with Crippen molar-refractivity contribution in [1.82, 2.24) is 14.8 Å².